The number of nitrogens with zero attached hydrogens (tertiary/aromatic N) is 1. The van der Waals surface area contributed by atoms with Crippen molar-refractivity contribution in [2.75, 3.05) is 40.9 Å². The van der Waals surface area contributed by atoms with Crippen LogP contribution in [-0.2, 0) is 27.9 Å². The predicted molar refractivity (Wildman–Crippen MR) is 300 cm³/mol. The van der Waals surface area contributed by atoms with Crippen LogP contribution in [0.25, 0.3) is 0 Å². The van der Waals surface area contributed by atoms with Crippen LogP contribution >= 0.6 is 7.82 Å². The number of esters is 1. The number of rotatable bonds is 51. The summed E-state index contributed by atoms with van der Waals surface area (Å²) < 4.78 is 30.6. The first kappa shape index (κ1) is 67.5. The third kappa shape index (κ3) is 50.4. The molecule has 0 rings (SSSR count). The number of unbranched alkanes of at least 4 members (excludes halogenated alkanes) is 26. The van der Waals surface area contributed by atoms with Gasteiger partial charge in [-0.15, -0.1) is 0 Å². The molecule has 0 saturated carbocycles. The van der Waals surface area contributed by atoms with Crippen molar-refractivity contribution in [3.8, 4) is 0 Å². The molecule has 1 amide bonds. The van der Waals surface area contributed by atoms with Crippen molar-refractivity contribution in [2.24, 2.45) is 0 Å². The Morgan fingerprint density at radius 3 is 1.41 bits per heavy atom. The molecule has 0 aliphatic rings. The third-order valence-corrected chi connectivity index (χ3v) is 13.4. The van der Waals surface area contributed by atoms with Crippen molar-refractivity contribution in [1.82, 2.24) is 5.32 Å². The van der Waals surface area contributed by atoms with Gasteiger partial charge in [0.05, 0.1) is 33.8 Å². The Morgan fingerprint density at radius 1 is 0.514 bits per heavy atom. The van der Waals surface area contributed by atoms with Gasteiger partial charge in [-0.1, -0.05) is 210 Å². The van der Waals surface area contributed by atoms with Gasteiger partial charge < -0.3 is 19.4 Å². The zero-order chi connectivity index (χ0) is 51.5. The van der Waals surface area contributed by atoms with E-state index in [0.717, 1.165) is 103 Å². The zero-order valence-electron chi connectivity index (χ0n) is 46.2. The number of amides is 1. The second kappa shape index (κ2) is 50.0. The summed E-state index contributed by atoms with van der Waals surface area (Å²) >= 11 is 0. The van der Waals surface area contributed by atoms with E-state index in [1.165, 1.54) is 103 Å². The fourth-order valence-electron chi connectivity index (χ4n) is 7.88. The van der Waals surface area contributed by atoms with E-state index in [1.54, 1.807) is 0 Å². The molecule has 0 radical (unpaired) electrons. The Bertz CT molecular complexity index is 1430. The molecule has 2 N–H and O–H groups in total. The molecule has 10 heteroatoms. The number of phosphoric ester groups is 1. The molecule has 0 aromatic heterocycles. The van der Waals surface area contributed by atoms with E-state index < -0.39 is 20.0 Å². The smallest absolute Gasteiger partial charge is 0.456 e. The number of phosphoric acid groups is 1. The number of quaternary nitrogens is 1. The molecular formula is C60H110N2O7P+. The van der Waals surface area contributed by atoms with Crippen molar-refractivity contribution in [2.45, 2.75) is 258 Å². The average Bonchev–Trinajstić information content (AvgIpc) is 3.32. The van der Waals surface area contributed by atoms with Gasteiger partial charge in [-0.3, -0.25) is 18.6 Å². The molecule has 70 heavy (non-hydrogen) atoms. The van der Waals surface area contributed by atoms with E-state index in [4.69, 9.17) is 13.8 Å². The van der Waals surface area contributed by atoms with Gasteiger partial charge in [0.25, 0.3) is 0 Å². The minimum atomic E-state index is -4.45. The second-order valence-corrected chi connectivity index (χ2v) is 21.9. The van der Waals surface area contributed by atoms with Crippen molar-refractivity contribution in [3.63, 3.8) is 0 Å². The summed E-state index contributed by atoms with van der Waals surface area (Å²) in [5.74, 6) is -0.546. The van der Waals surface area contributed by atoms with Crippen LogP contribution < -0.4 is 5.32 Å². The van der Waals surface area contributed by atoms with Crippen molar-refractivity contribution >= 4 is 19.7 Å². The van der Waals surface area contributed by atoms with Gasteiger partial charge in [0, 0.05) is 12.8 Å². The van der Waals surface area contributed by atoms with Crippen LogP contribution in [0, 0.1) is 0 Å². The van der Waals surface area contributed by atoms with Gasteiger partial charge in [-0.2, -0.15) is 0 Å². The molecule has 9 nitrogen and oxygen atoms in total. The number of hydrogen-bond acceptors (Lipinski definition) is 6. The molecule has 0 aliphatic carbocycles. The van der Waals surface area contributed by atoms with E-state index in [1.807, 2.05) is 33.3 Å². The highest BCUT2D eigenvalue weighted by Gasteiger charge is 2.30. The maximum Gasteiger partial charge on any atom is 0.472 e. The minimum absolute atomic E-state index is 0.0315. The van der Waals surface area contributed by atoms with Crippen molar-refractivity contribution in [3.05, 3.63) is 72.9 Å². The highest BCUT2D eigenvalue weighted by Crippen LogP contribution is 2.43. The van der Waals surface area contributed by atoms with E-state index in [0.29, 0.717) is 23.9 Å². The number of allylic oxidation sites excluding steroid dienone is 11. The Hall–Kier alpha value is -2.55. The molecule has 0 aromatic rings. The van der Waals surface area contributed by atoms with E-state index in [-0.39, 0.29) is 31.5 Å². The molecule has 0 spiro atoms. The van der Waals surface area contributed by atoms with Gasteiger partial charge in [-0.05, 0) is 96.0 Å². The number of hydrogen-bond donors (Lipinski definition) is 2. The minimum Gasteiger partial charge on any atom is -0.456 e. The summed E-state index contributed by atoms with van der Waals surface area (Å²) in [5.41, 5.74) is 0. The number of likely N-dealkylation sites (N-methyl/N-ethyl adjacent to an activating group) is 1. The number of carbonyl (C=O) groups excluding carboxylic acids is 2. The van der Waals surface area contributed by atoms with Crippen molar-refractivity contribution < 1.29 is 37.3 Å². The lowest BCUT2D eigenvalue weighted by atomic mass is 10.0. The number of nitrogens with one attached hydrogen (secondary N) is 1. The second-order valence-electron chi connectivity index (χ2n) is 20.5. The Labute approximate surface area is 432 Å². The Balaban J connectivity index is 5.42. The standard InChI is InChI=1S/C60H109N2O7P/c1-7-10-13-16-19-22-25-28-30-31-33-35-38-41-44-47-50-53-60(64)69-58(51-48-45-42-39-36-27-24-21-18-15-12-9-3)57(56-68-70(65,66)67-55-54-62(4,5)6)61-59(63)52-49-46-43-40-37-34-32-29-26-23-20-17-14-11-8-2/h19-20,22-23,26,28-30,33,35,48,51,57-58H,7-18,21,24-25,27,31-32,34,36-47,49-50,52-56H2,1-6H3,(H-,61,63,65,66)/p+1/b22-19-,23-20+,29-26+,30-28-,35-33-,51-48+. The highest BCUT2D eigenvalue weighted by molar-refractivity contribution is 7.47. The molecule has 0 aromatic carbocycles. The van der Waals surface area contributed by atoms with Gasteiger partial charge in [0.1, 0.15) is 19.3 Å². The maximum absolute atomic E-state index is 13.5. The normalized spacial score (nSPS) is 14.3. The summed E-state index contributed by atoms with van der Waals surface area (Å²) in [6, 6.07) is -0.865. The van der Waals surface area contributed by atoms with E-state index in [2.05, 4.69) is 86.8 Å². The van der Waals surface area contributed by atoms with Crippen LogP contribution in [0.2, 0.25) is 0 Å². The molecule has 0 fully saturated rings. The Morgan fingerprint density at radius 2 is 0.914 bits per heavy atom. The Kier molecular flexibility index (Phi) is 48.2. The molecule has 406 valence electrons. The van der Waals surface area contributed by atoms with Crippen LogP contribution in [-0.4, -0.2) is 74.3 Å². The quantitative estimate of drug-likeness (QED) is 0.0156. The number of ether oxygens (including phenoxy) is 1. The van der Waals surface area contributed by atoms with E-state index in [9.17, 15) is 19.0 Å². The van der Waals surface area contributed by atoms with Gasteiger partial charge in [-0.25, -0.2) is 4.57 Å². The first-order valence-electron chi connectivity index (χ1n) is 28.8. The van der Waals surface area contributed by atoms with Crippen LogP contribution in [0.5, 0.6) is 0 Å². The third-order valence-electron chi connectivity index (χ3n) is 12.4. The largest absolute Gasteiger partial charge is 0.472 e. The zero-order valence-corrected chi connectivity index (χ0v) is 47.1. The fourth-order valence-corrected chi connectivity index (χ4v) is 8.61. The summed E-state index contributed by atoms with van der Waals surface area (Å²) in [4.78, 5) is 37.6. The fraction of sp³-hybridized carbons (Fsp3) is 0.767. The average molecular weight is 1000 g/mol. The highest BCUT2D eigenvalue weighted by atomic mass is 31.2. The number of carbonyl (C=O) groups is 2. The van der Waals surface area contributed by atoms with Crippen LogP contribution in [0.1, 0.15) is 245 Å². The molecule has 3 atom stereocenters. The van der Waals surface area contributed by atoms with Crippen molar-refractivity contribution in [1.29, 1.82) is 0 Å². The molecule has 0 saturated heterocycles. The van der Waals surface area contributed by atoms with Crippen LogP contribution in [0.4, 0.5) is 0 Å². The maximum atomic E-state index is 13.5. The van der Waals surface area contributed by atoms with E-state index >= 15 is 0 Å². The SMILES string of the molecule is CCCCC/C=C\C/C=C\C/C=C\CCCCCCC(=O)OC(/C=C/CCCCCCCCCCCC)C(COP(=O)(O)OCC[N+](C)(C)C)NC(=O)CCCCCCCC/C=C/C=C/CCCCC. The predicted octanol–water partition coefficient (Wildman–Crippen LogP) is 17.3. The van der Waals surface area contributed by atoms with Gasteiger partial charge in [0.15, 0.2) is 0 Å². The van der Waals surface area contributed by atoms with Gasteiger partial charge in [0.2, 0.25) is 5.91 Å². The lowest BCUT2D eigenvalue weighted by Gasteiger charge is -2.27. The summed E-state index contributed by atoms with van der Waals surface area (Å²) in [6.07, 6.45) is 63.1. The monoisotopic (exact) mass is 1000 g/mol. The summed E-state index contributed by atoms with van der Waals surface area (Å²) in [7, 11) is 1.47. The molecule has 3 unspecified atom stereocenters. The first-order valence-corrected chi connectivity index (χ1v) is 30.3. The molecule has 0 heterocycles. The van der Waals surface area contributed by atoms with Crippen LogP contribution in [0.15, 0.2) is 72.9 Å². The molecular weight excluding hydrogens is 892 g/mol. The lowest BCUT2D eigenvalue weighted by molar-refractivity contribution is -0.870. The lowest BCUT2D eigenvalue weighted by Crippen LogP contribution is -2.47. The summed E-state index contributed by atoms with van der Waals surface area (Å²) in [5, 5.41) is 3.03. The first-order chi connectivity index (χ1) is 33.9. The van der Waals surface area contributed by atoms with Crippen LogP contribution in [0.3, 0.4) is 0 Å². The van der Waals surface area contributed by atoms with Gasteiger partial charge >= 0.3 is 13.8 Å². The molecule has 0 bridgehead atoms. The summed E-state index contributed by atoms with van der Waals surface area (Å²) in [6.45, 7) is 6.92. The molecule has 0 aliphatic heterocycles. The topological polar surface area (TPSA) is 111 Å².